The number of nitrogens with zero attached hydrogens (tertiary/aromatic N) is 2. The van der Waals surface area contributed by atoms with E-state index in [1.165, 1.54) is 6.07 Å². The van der Waals surface area contributed by atoms with Gasteiger partial charge in [0, 0.05) is 37.1 Å². The van der Waals surface area contributed by atoms with Crippen molar-refractivity contribution in [1.29, 1.82) is 0 Å². The van der Waals surface area contributed by atoms with Gasteiger partial charge in [0.1, 0.15) is 11.6 Å². The fourth-order valence-electron chi connectivity index (χ4n) is 1.51. The third-order valence-corrected chi connectivity index (χ3v) is 2.35. The van der Waals surface area contributed by atoms with E-state index >= 15 is 0 Å². The largest absolute Gasteiger partial charge is 0.334 e. The van der Waals surface area contributed by atoms with Crippen LogP contribution in [0.2, 0.25) is 0 Å². The molecule has 3 nitrogen and oxygen atoms in total. The molecule has 0 bridgehead atoms. The first-order valence-corrected chi connectivity index (χ1v) is 4.68. The Labute approximate surface area is 87.4 Å². The molecule has 0 saturated heterocycles. The van der Waals surface area contributed by atoms with Gasteiger partial charge in [-0.2, -0.15) is 0 Å². The number of imidazole rings is 1. The summed E-state index contributed by atoms with van der Waals surface area (Å²) in [5.41, 5.74) is 6.83. The first kappa shape index (κ1) is 9.86. The van der Waals surface area contributed by atoms with Crippen LogP contribution in [0, 0.1) is 5.82 Å². The quantitative estimate of drug-likeness (QED) is 0.810. The minimum atomic E-state index is -0.268. The van der Waals surface area contributed by atoms with Crippen molar-refractivity contribution in [2.75, 3.05) is 0 Å². The third-order valence-electron chi connectivity index (χ3n) is 2.35. The van der Waals surface area contributed by atoms with E-state index in [4.69, 9.17) is 5.73 Å². The number of nitrogens with two attached hydrogens (primary N) is 1. The SMILES string of the molecule is Cn1ccnc1-c1ccc(F)c(CN)c1. The molecule has 0 aliphatic carbocycles. The highest BCUT2D eigenvalue weighted by atomic mass is 19.1. The Balaban J connectivity index is 2.51. The summed E-state index contributed by atoms with van der Waals surface area (Å²) in [5.74, 6) is 0.542. The van der Waals surface area contributed by atoms with Gasteiger partial charge in [-0.3, -0.25) is 0 Å². The number of halogens is 1. The second kappa shape index (κ2) is 3.82. The summed E-state index contributed by atoms with van der Waals surface area (Å²) in [6, 6.07) is 4.86. The second-order valence-corrected chi connectivity index (χ2v) is 3.37. The molecule has 2 rings (SSSR count). The Kier molecular flexibility index (Phi) is 2.51. The average Bonchev–Trinajstić information content (AvgIpc) is 2.65. The van der Waals surface area contributed by atoms with E-state index in [0.717, 1.165) is 11.4 Å². The predicted molar refractivity (Wildman–Crippen MR) is 56.5 cm³/mol. The minimum absolute atomic E-state index is 0.199. The Morgan fingerprint density at radius 1 is 1.47 bits per heavy atom. The Morgan fingerprint density at radius 2 is 2.27 bits per heavy atom. The van der Waals surface area contributed by atoms with Gasteiger partial charge in [0.25, 0.3) is 0 Å². The second-order valence-electron chi connectivity index (χ2n) is 3.37. The van der Waals surface area contributed by atoms with Crippen LogP contribution in [-0.2, 0) is 13.6 Å². The van der Waals surface area contributed by atoms with Crippen molar-refractivity contribution < 1.29 is 4.39 Å². The number of benzene rings is 1. The first-order valence-electron chi connectivity index (χ1n) is 4.68. The summed E-state index contributed by atoms with van der Waals surface area (Å²) >= 11 is 0. The van der Waals surface area contributed by atoms with Gasteiger partial charge in [0.2, 0.25) is 0 Å². The van der Waals surface area contributed by atoms with Gasteiger partial charge in [0.15, 0.2) is 0 Å². The molecule has 0 radical (unpaired) electrons. The topological polar surface area (TPSA) is 43.8 Å². The van der Waals surface area contributed by atoms with Gasteiger partial charge in [-0.15, -0.1) is 0 Å². The smallest absolute Gasteiger partial charge is 0.139 e. The molecule has 78 valence electrons. The van der Waals surface area contributed by atoms with E-state index in [9.17, 15) is 4.39 Å². The van der Waals surface area contributed by atoms with Crippen LogP contribution in [0.1, 0.15) is 5.56 Å². The zero-order valence-electron chi connectivity index (χ0n) is 8.44. The van der Waals surface area contributed by atoms with Crippen molar-refractivity contribution in [2.24, 2.45) is 12.8 Å². The number of rotatable bonds is 2. The minimum Gasteiger partial charge on any atom is -0.334 e. The summed E-state index contributed by atoms with van der Waals surface area (Å²) in [6.07, 6.45) is 3.56. The molecular formula is C11H12FN3. The van der Waals surface area contributed by atoms with Gasteiger partial charge in [0.05, 0.1) is 0 Å². The maximum absolute atomic E-state index is 13.2. The van der Waals surface area contributed by atoms with Gasteiger partial charge in [-0.25, -0.2) is 9.37 Å². The van der Waals surface area contributed by atoms with Crippen molar-refractivity contribution in [3.63, 3.8) is 0 Å². The van der Waals surface area contributed by atoms with E-state index < -0.39 is 0 Å². The molecule has 1 heterocycles. The van der Waals surface area contributed by atoms with Crippen molar-refractivity contribution in [3.8, 4) is 11.4 Å². The maximum atomic E-state index is 13.2. The lowest BCUT2D eigenvalue weighted by Gasteiger charge is -2.05. The maximum Gasteiger partial charge on any atom is 0.139 e. The lowest BCUT2D eigenvalue weighted by molar-refractivity contribution is 0.611. The van der Waals surface area contributed by atoms with Crippen LogP contribution >= 0.6 is 0 Å². The highest BCUT2D eigenvalue weighted by molar-refractivity contribution is 5.56. The first-order chi connectivity index (χ1) is 7.22. The van der Waals surface area contributed by atoms with E-state index in [1.807, 2.05) is 17.8 Å². The number of hydrogen-bond donors (Lipinski definition) is 1. The summed E-state index contributed by atoms with van der Waals surface area (Å²) in [7, 11) is 1.90. The van der Waals surface area contributed by atoms with E-state index in [2.05, 4.69) is 4.98 Å². The van der Waals surface area contributed by atoms with Crippen molar-refractivity contribution in [3.05, 3.63) is 42.0 Å². The van der Waals surface area contributed by atoms with E-state index in [1.54, 1.807) is 18.3 Å². The van der Waals surface area contributed by atoms with E-state index in [-0.39, 0.29) is 12.4 Å². The fraction of sp³-hybridized carbons (Fsp3) is 0.182. The zero-order chi connectivity index (χ0) is 10.8. The van der Waals surface area contributed by atoms with Crippen LogP contribution in [0.15, 0.2) is 30.6 Å². The van der Waals surface area contributed by atoms with Crippen molar-refractivity contribution in [2.45, 2.75) is 6.54 Å². The van der Waals surface area contributed by atoms with Crippen LogP contribution in [0.5, 0.6) is 0 Å². The summed E-state index contributed by atoms with van der Waals surface area (Å²) in [4.78, 5) is 4.19. The zero-order valence-corrected chi connectivity index (χ0v) is 8.44. The van der Waals surface area contributed by atoms with Gasteiger partial charge >= 0.3 is 0 Å². The summed E-state index contributed by atoms with van der Waals surface area (Å²) in [6.45, 7) is 0.199. The molecule has 0 fully saturated rings. The molecule has 0 amide bonds. The Bertz CT molecular complexity index is 476. The van der Waals surface area contributed by atoms with Gasteiger partial charge < -0.3 is 10.3 Å². The van der Waals surface area contributed by atoms with Crippen LogP contribution in [-0.4, -0.2) is 9.55 Å². The predicted octanol–water partition coefficient (Wildman–Crippen LogP) is 1.68. The van der Waals surface area contributed by atoms with Crippen LogP contribution in [0.25, 0.3) is 11.4 Å². The number of aromatic nitrogens is 2. The molecule has 0 aliphatic rings. The highest BCUT2D eigenvalue weighted by Crippen LogP contribution is 2.19. The molecule has 0 atom stereocenters. The standard InChI is InChI=1S/C11H12FN3/c1-15-5-4-14-11(15)8-2-3-10(12)9(6-8)7-13/h2-6H,7,13H2,1H3. The van der Waals surface area contributed by atoms with Crippen molar-refractivity contribution in [1.82, 2.24) is 9.55 Å². The van der Waals surface area contributed by atoms with Crippen LogP contribution < -0.4 is 5.73 Å². The molecule has 4 heteroatoms. The monoisotopic (exact) mass is 205 g/mol. The molecule has 0 saturated carbocycles. The van der Waals surface area contributed by atoms with Crippen LogP contribution in [0.3, 0.4) is 0 Å². The third kappa shape index (κ3) is 1.76. The summed E-state index contributed by atoms with van der Waals surface area (Å²) in [5, 5.41) is 0. The molecule has 15 heavy (non-hydrogen) atoms. The molecular weight excluding hydrogens is 193 g/mol. The Morgan fingerprint density at radius 3 is 2.87 bits per heavy atom. The van der Waals surface area contributed by atoms with Gasteiger partial charge in [-0.05, 0) is 18.2 Å². The lowest BCUT2D eigenvalue weighted by atomic mass is 10.1. The number of aryl methyl sites for hydroxylation is 1. The van der Waals surface area contributed by atoms with Crippen molar-refractivity contribution >= 4 is 0 Å². The molecule has 2 N–H and O–H groups in total. The average molecular weight is 205 g/mol. The fourth-order valence-corrected chi connectivity index (χ4v) is 1.51. The highest BCUT2D eigenvalue weighted by Gasteiger charge is 2.06. The summed E-state index contributed by atoms with van der Waals surface area (Å²) < 4.78 is 15.1. The number of hydrogen-bond acceptors (Lipinski definition) is 2. The Hall–Kier alpha value is -1.68. The molecule has 0 spiro atoms. The molecule has 1 aromatic carbocycles. The normalized spacial score (nSPS) is 10.6. The van der Waals surface area contributed by atoms with Gasteiger partial charge in [-0.1, -0.05) is 0 Å². The lowest BCUT2D eigenvalue weighted by Crippen LogP contribution is -2.01. The molecule has 0 unspecified atom stereocenters. The van der Waals surface area contributed by atoms with Crippen LogP contribution in [0.4, 0.5) is 4.39 Å². The molecule has 0 aliphatic heterocycles. The molecule has 2 aromatic rings. The van der Waals surface area contributed by atoms with E-state index in [0.29, 0.717) is 5.56 Å². The molecule has 1 aromatic heterocycles.